The van der Waals surface area contributed by atoms with E-state index in [1.165, 1.54) is 44.9 Å². The first-order chi connectivity index (χ1) is 13.1. The van der Waals surface area contributed by atoms with Gasteiger partial charge in [0.15, 0.2) is 0 Å². The number of allylic oxidation sites excluding steroid dienone is 6. The molecule has 1 unspecified atom stereocenters. The summed E-state index contributed by atoms with van der Waals surface area (Å²) in [6.45, 7) is 10.6. The zero-order valence-electron chi connectivity index (χ0n) is 16.5. The molecule has 0 aliphatic heterocycles. The van der Waals surface area contributed by atoms with Crippen LogP contribution in [0.5, 0.6) is 0 Å². The molecular formula is C26H27N. The van der Waals surface area contributed by atoms with Gasteiger partial charge in [-0.3, -0.25) is 0 Å². The summed E-state index contributed by atoms with van der Waals surface area (Å²) >= 11 is 0. The number of fused-ring (bicyclic) bond motifs is 1. The summed E-state index contributed by atoms with van der Waals surface area (Å²) in [6.07, 6.45) is 11.0. The number of rotatable bonds is 4. The SMILES string of the molecule is C=CC1=C(C)Cc2cc(N(C3=CC(C)CC=C3)c3cccc(C)c3)ccc21. The van der Waals surface area contributed by atoms with Gasteiger partial charge in [-0.15, -0.1) is 0 Å². The van der Waals surface area contributed by atoms with Crippen molar-refractivity contribution >= 4 is 16.9 Å². The number of nitrogens with zero attached hydrogens (tertiary/aromatic N) is 1. The molecule has 0 saturated heterocycles. The van der Waals surface area contributed by atoms with Crippen molar-refractivity contribution in [2.75, 3.05) is 4.90 Å². The number of hydrogen-bond donors (Lipinski definition) is 0. The Labute approximate surface area is 163 Å². The van der Waals surface area contributed by atoms with Gasteiger partial charge in [0.05, 0.1) is 0 Å². The van der Waals surface area contributed by atoms with Crippen molar-refractivity contribution in [2.24, 2.45) is 5.92 Å². The summed E-state index contributed by atoms with van der Waals surface area (Å²) in [5.41, 5.74) is 10.4. The van der Waals surface area contributed by atoms with Gasteiger partial charge in [-0.25, -0.2) is 0 Å². The molecule has 2 aromatic carbocycles. The molecule has 4 rings (SSSR count). The van der Waals surface area contributed by atoms with E-state index in [-0.39, 0.29) is 0 Å². The van der Waals surface area contributed by atoms with Crippen LogP contribution in [-0.2, 0) is 6.42 Å². The van der Waals surface area contributed by atoms with Crippen molar-refractivity contribution in [1.82, 2.24) is 0 Å². The molecule has 1 atom stereocenters. The van der Waals surface area contributed by atoms with Crippen molar-refractivity contribution < 1.29 is 0 Å². The standard InChI is InChI=1S/C26H27N/c1-5-25-20(4)16-21-17-24(12-13-26(21)25)27(22-10-6-8-18(2)14-22)23-11-7-9-19(3)15-23/h5-8,10-15,17,19H,1,9,16H2,2-4H3. The summed E-state index contributed by atoms with van der Waals surface area (Å²) < 4.78 is 0. The third kappa shape index (κ3) is 3.30. The molecule has 1 heteroatoms. The van der Waals surface area contributed by atoms with E-state index in [1.807, 2.05) is 6.08 Å². The Bertz CT molecular complexity index is 987. The van der Waals surface area contributed by atoms with Crippen LogP contribution in [-0.4, -0.2) is 0 Å². The number of aryl methyl sites for hydroxylation is 1. The zero-order chi connectivity index (χ0) is 19.0. The van der Waals surface area contributed by atoms with Crippen molar-refractivity contribution in [3.8, 4) is 0 Å². The van der Waals surface area contributed by atoms with E-state index in [2.05, 4.69) is 92.9 Å². The monoisotopic (exact) mass is 353 g/mol. The van der Waals surface area contributed by atoms with Crippen LogP contribution >= 0.6 is 0 Å². The lowest BCUT2D eigenvalue weighted by Gasteiger charge is -2.29. The number of benzene rings is 2. The molecule has 0 saturated carbocycles. The highest BCUT2D eigenvalue weighted by Crippen LogP contribution is 2.39. The molecule has 0 bridgehead atoms. The van der Waals surface area contributed by atoms with Crippen LogP contribution in [0.3, 0.4) is 0 Å². The van der Waals surface area contributed by atoms with Crippen LogP contribution in [0.4, 0.5) is 11.4 Å². The first-order valence-corrected chi connectivity index (χ1v) is 9.77. The fourth-order valence-electron chi connectivity index (χ4n) is 4.21. The van der Waals surface area contributed by atoms with Gasteiger partial charge in [-0.05, 0) is 85.2 Å². The highest BCUT2D eigenvalue weighted by atomic mass is 15.1. The summed E-state index contributed by atoms with van der Waals surface area (Å²) in [5, 5.41) is 0. The van der Waals surface area contributed by atoms with Gasteiger partial charge < -0.3 is 4.90 Å². The molecular weight excluding hydrogens is 326 g/mol. The van der Waals surface area contributed by atoms with Gasteiger partial charge in [0.2, 0.25) is 0 Å². The third-order valence-corrected chi connectivity index (χ3v) is 5.53. The molecule has 2 aromatic rings. The average molecular weight is 354 g/mol. The van der Waals surface area contributed by atoms with Crippen molar-refractivity contribution in [2.45, 2.75) is 33.6 Å². The lowest BCUT2D eigenvalue weighted by Crippen LogP contribution is -2.18. The fraction of sp³-hybridized carbons (Fsp3) is 0.231. The van der Waals surface area contributed by atoms with E-state index in [1.54, 1.807) is 0 Å². The smallest absolute Gasteiger partial charge is 0.0464 e. The second kappa shape index (κ2) is 7.08. The molecule has 2 aliphatic rings. The Kier molecular flexibility index (Phi) is 4.61. The predicted octanol–water partition coefficient (Wildman–Crippen LogP) is 7.13. The topological polar surface area (TPSA) is 3.24 Å². The van der Waals surface area contributed by atoms with Crippen LogP contribution in [0, 0.1) is 12.8 Å². The van der Waals surface area contributed by atoms with Gasteiger partial charge in [0.1, 0.15) is 0 Å². The van der Waals surface area contributed by atoms with Gasteiger partial charge in [-0.1, -0.05) is 55.5 Å². The average Bonchev–Trinajstić information content (AvgIpc) is 2.96. The molecule has 0 aromatic heterocycles. The Morgan fingerprint density at radius 3 is 2.63 bits per heavy atom. The number of hydrogen-bond acceptors (Lipinski definition) is 1. The predicted molar refractivity (Wildman–Crippen MR) is 117 cm³/mol. The van der Waals surface area contributed by atoms with Crippen LogP contribution in [0.15, 0.2) is 84.6 Å². The van der Waals surface area contributed by atoms with Crippen LogP contribution in [0.25, 0.3) is 5.57 Å². The molecule has 27 heavy (non-hydrogen) atoms. The largest absolute Gasteiger partial charge is 0.311 e. The molecule has 136 valence electrons. The highest BCUT2D eigenvalue weighted by molar-refractivity contribution is 5.84. The minimum Gasteiger partial charge on any atom is -0.311 e. The van der Waals surface area contributed by atoms with Gasteiger partial charge in [0, 0.05) is 17.1 Å². The fourth-order valence-corrected chi connectivity index (χ4v) is 4.21. The summed E-state index contributed by atoms with van der Waals surface area (Å²) in [4.78, 5) is 2.39. The molecule has 0 radical (unpaired) electrons. The maximum atomic E-state index is 4.00. The Morgan fingerprint density at radius 1 is 1.07 bits per heavy atom. The van der Waals surface area contributed by atoms with E-state index >= 15 is 0 Å². The Hall–Kier alpha value is -2.80. The molecule has 0 spiro atoms. The van der Waals surface area contributed by atoms with Crippen molar-refractivity contribution in [1.29, 1.82) is 0 Å². The zero-order valence-corrected chi connectivity index (χ0v) is 16.5. The maximum absolute atomic E-state index is 4.00. The normalized spacial score (nSPS) is 18.3. The van der Waals surface area contributed by atoms with E-state index in [4.69, 9.17) is 0 Å². The lowest BCUT2D eigenvalue weighted by atomic mass is 9.99. The molecule has 0 heterocycles. The summed E-state index contributed by atoms with van der Waals surface area (Å²) in [7, 11) is 0. The second-order valence-corrected chi connectivity index (χ2v) is 7.80. The van der Waals surface area contributed by atoms with E-state index in [0.29, 0.717) is 5.92 Å². The number of anilines is 2. The minimum absolute atomic E-state index is 0.558. The molecule has 2 aliphatic carbocycles. The molecule has 0 fully saturated rings. The van der Waals surface area contributed by atoms with E-state index in [9.17, 15) is 0 Å². The van der Waals surface area contributed by atoms with Gasteiger partial charge >= 0.3 is 0 Å². The van der Waals surface area contributed by atoms with Crippen molar-refractivity contribution in [3.05, 3.63) is 101 Å². The maximum Gasteiger partial charge on any atom is 0.0464 e. The Balaban J connectivity index is 1.82. The van der Waals surface area contributed by atoms with E-state index in [0.717, 1.165) is 12.8 Å². The lowest BCUT2D eigenvalue weighted by molar-refractivity contribution is 0.726. The summed E-state index contributed by atoms with van der Waals surface area (Å²) in [5.74, 6) is 0.558. The highest BCUT2D eigenvalue weighted by Gasteiger charge is 2.21. The Morgan fingerprint density at radius 2 is 1.89 bits per heavy atom. The second-order valence-electron chi connectivity index (χ2n) is 7.80. The van der Waals surface area contributed by atoms with Gasteiger partial charge in [-0.2, -0.15) is 0 Å². The molecule has 1 nitrogen and oxygen atoms in total. The van der Waals surface area contributed by atoms with Crippen LogP contribution < -0.4 is 4.90 Å². The molecule has 0 N–H and O–H groups in total. The van der Waals surface area contributed by atoms with Gasteiger partial charge in [0.25, 0.3) is 0 Å². The molecule has 0 amide bonds. The minimum atomic E-state index is 0.558. The first kappa shape index (κ1) is 17.6. The van der Waals surface area contributed by atoms with Crippen molar-refractivity contribution in [3.63, 3.8) is 0 Å². The quantitative estimate of drug-likeness (QED) is 0.565. The third-order valence-electron chi connectivity index (χ3n) is 5.53. The van der Waals surface area contributed by atoms with E-state index < -0.39 is 0 Å². The van der Waals surface area contributed by atoms with Crippen LogP contribution in [0.1, 0.15) is 37.0 Å². The van der Waals surface area contributed by atoms with Crippen LogP contribution in [0.2, 0.25) is 0 Å². The summed E-state index contributed by atoms with van der Waals surface area (Å²) in [6, 6.07) is 15.6. The first-order valence-electron chi connectivity index (χ1n) is 9.77.